The van der Waals surface area contributed by atoms with Gasteiger partial charge < -0.3 is 14.8 Å². The average molecular weight is 434 g/mol. The Morgan fingerprint density at radius 3 is 2.79 bits per heavy atom. The molecule has 29 heavy (non-hydrogen) atoms. The third-order valence-corrected chi connectivity index (χ3v) is 4.89. The monoisotopic (exact) mass is 433 g/mol. The smallest absolute Gasteiger partial charge is 0.254 e. The number of rotatable bonds is 8. The number of anilines is 1. The summed E-state index contributed by atoms with van der Waals surface area (Å²) in [5, 5.41) is 8.21. The number of hydrogen-bond acceptors (Lipinski definition) is 4. The zero-order chi connectivity index (χ0) is 20.8. The third-order valence-electron chi connectivity index (χ3n) is 4.31. The highest BCUT2D eigenvalue weighted by atomic mass is 35.5. The number of aromatic nitrogens is 2. The van der Waals surface area contributed by atoms with Crippen LogP contribution in [0.4, 0.5) is 5.82 Å². The maximum atomic E-state index is 12.5. The fourth-order valence-electron chi connectivity index (χ4n) is 2.66. The fourth-order valence-corrected chi connectivity index (χ4v) is 3.13. The normalized spacial score (nSPS) is 11.9. The van der Waals surface area contributed by atoms with Crippen LogP contribution in [0.15, 0.2) is 54.7 Å². The van der Waals surface area contributed by atoms with Crippen molar-refractivity contribution in [2.75, 3.05) is 12.4 Å². The van der Waals surface area contributed by atoms with E-state index in [9.17, 15) is 4.79 Å². The Morgan fingerprint density at radius 1 is 1.21 bits per heavy atom. The number of carbonyl (C=O) groups excluding carboxylic acids is 1. The molecule has 152 valence electrons. The Bertz CT molecular complexity index is 991. The minimum absolute atomic E-state index is 0.267. The van der Waals surface area contributed by atoms with Crippen molar-refractivity contribution >= 4 is 34.9 Å². The molecule has 0 saturated carbocycles. The molecule has 0 radical (unpaired) electrons. The number of hydrogen-bond donors (Lipinski definition) is 1. The molecule has 0 aliphatic heterocycles. The first-order valence-electron chi connectivity index (χ1n) is 8.97. The molecule has 1 N–H and O–H groups in total. The van der Waals surface area contributed by atoms with Crippen molar-refractivity contribution in [1.82, 2.24) is 9.78 Å². The molecule has 1 amide bonds. The second-order valence-electron chi connectivity index (χ2n) is 6.40. The maximum absolute atomic E-state index is 12.5. The summed E-state index contributed by atoms with van der Waals surface area (Å²) in [7, 11) is 1.61. The predicted octanol–water partition coefficient (Wildman–Crippen LogP) is 4.79. The Morgan fingerprint density at radius 2 is 2.03 bits per heavy atom. The van der Waals surface area contributed by atoms with Gasteiger partial charge in [0.2, 0.25) is 0 Å². The van der Waals surface area contributed by atoms with Gasteiger partial charge in [0, 0.05) is 16.1 Å². The van der Waals surface area contributed by atoms with Gasteiger partial charge in [-0.25, -0.2) is 4.68 Å². The lowest BCUT2D eigenvalue weighted by molar-refractivity contribution is -0.127. The van der Waals surface area contributed by atoms with Crippen LogP contribution >= 0.6 is 23.2 Å². The number of amides is 1. The maximum Gasteiger partial charge on any atom is 0.254 e. The molecule has 0 bridgehead atoms. The minimum atomic E-state index is -0.649. The van der Waals surface area contributed by atoms with Crippen molar-refractivity contribution in [3.63, 3.8) is 0 Å². The van der Waals surface area contributed by atoms with Crippen molar-refractivity contribution in [2.45, 2.75) is 26.2 Å². The molecule has 2 aromatic carbocycles. The second kappa shape index (κ2) is 9.78. The minimum Gasteiger partial charge on any atom is -0.497 e. The molecule has 0 aliphatic carbocycles. The quantitative estimate of drug-likeness (QED) is 0.554. The molecule has 0 fully saturated rings. The highest BCUT2D eigenvalue weighted by molar-refractivity contribution is 6.35. The Hall–Kier alpha value is -2.54. The zero-order valence-corrected chi connectivity index (χ0v) is 17.6. The topological polar surface area (TPSA) is 65.4 Å². The number of ether oxygens (including phenoxy) is 2. The van der Waals surface area contributed by atoms with Crippen molar-refractivity contribution in [1.29, 1.82) is 0 Å². The predicted molar refractivity (Wildman–Crippen MR) is 114 cm³/mol. The standard InChI is InChI=1S/C21H21Cl2N3O3/c1-14(29-13-15-4-3-5-18(10-15)28-2)21(27)25-20-8-9-24-26(20)12-16-6-7-17(22)11-19(16)23/h3-11,14H,12-13H2,1-2H3,(H,25,27). The van der Waals surface area contributed by atoms with Gasteiger partial charge in [0.25, 0.3) is 5.91 Å². The fraction of sp³-hybridized carbons (Fsp3) is 0.238. The number of methoxy groups -OCH3 is 1. The van der Waals surface area contributed by atoms with Gasteiger partial charge in [-0.2, -0.15) is 5.10 Å². The summed E-state index contributed by atoms with van der Waals surface area (Å²) in [6.45, 7) is 2.40. The Kier molecular flexibility index (Phi) is 7.14. The van der Waals surface area contributed by atoms with Gasteiger partial charge in [0.05, 0.1) is 26.5 Å². The first-order chi connectivity index (χ1) is 14.0. The van der Waals surface area contributed by atoms with Gasteiger partial charge in [0.1, 0.15) is 17.7 Å². The highest BCUT2D eigenvalue weighted by Gasteiger charge is 2.16. The van der Waals surface area contributed by atoms with Crippen molar-refractivity contribution < 1.29 is 14.3 Å². The lowest BCUT2D eigenvalue weighted by Gasteiger charge is -2.15. The van der Waals surface area contributed by atoms with E-state index in [0.717, 1.165) is 16.9 Å². The molecular weight excluding hydrogens is 413 g/mol. The van der Waals surface area contributed by atoms with Crippen LogP contribution in [0.2, 0.25) is 10.0 Å². The second-order valence-corrected chi connectivity index (χ2v) is 7.25. The van der Waals surface area contributed by atoms with E-state index in [-0.39, 0.29) is 5.91 Å². The summed E-state index contributed by atoms with van der Waals surface area (Å²) < 4.78 is 12.5. The zero-order valence-electron chi connectivity index (χ0n) is 16.1. The van der Waals surface area contributed by atoms with Crippen LogP contribution in [0.3, 0.4) is 0 Å². The molecule has 1 aromatic heterocycles. The molecule has 0 aliphatic rings. The van der Waals surface area contributed by atoms with Crippen LogP contribution in [0.25, 0.3) is 0 Å². The van der Waals surface area contributed by atoms with Gasteiger partial charge in [-0.05, 0) is 42.3 Å². The summed E-state index contributed by atoms with van der Waals surface area (Å²) in [6, 6.07) is 14.5. The van der Waals surface area contributed by atoms with Crippen molar-refractivity contribution in [3.8, 4) is 5.75 Å². The van der Waals surface area contributed by atoms with Gasteiger partial charge in [-0.15, -0.1) is 0 Å². The Balaban J connectivity index is 1.59. The molecule has 3 aromatic rings. The molecule has 0 spiro atoms. The van der Waals surface area contributed by atoms with E-state index >= 15 is 0 Å². The number of carbonyl (C=O) groups is 1. The first-order valence-corrected chi connectivity index (χ1v) is 9.73. The molecular formula is C21H21Cl2N3O3. The van der Waals surface area contributed by atoms with Gasteiger partial charge >= 0.3 is 0 Å². The highest BCUT2D eigenvalue weighted by Crippen LogP contribution is 2.23. The molecule has 8 heteroatoms. The SMILES string of the molecule is COc1cccc(COC(C)C(=O)Nc2ccnn2Cc2ccc(Cl)cc2Cl)c1. The summed E-state index contributed by atoms with van der Waals surface area (Å²) in [5.74, 6) is 1.03. The number of benzene rings is 2. The van der Waals surface area contributed by atoms with E-state index in [1.807, 2.05) is 30.3 Å². The molecule has 0 saturated heterocycles. The summed E-state index contributed by atoms with van der Waals surface area (Å²) in [4.78, 5) is 12.5. The molecule has 1 heterocycles. The average Bonchev–Trinajstić information content (AvgIpc) is 3.15. The third kappa shape index (κ3) is 5.73. The molecule has 6 nitrogen and oxygen atoms in total. The summed E-state index contributed by atoms with van der Waals surface area (Å²) >= 11 is 12.2. The van der Waals surface area contributed by atoms with E-state index < -0.39 is 6.10 Å². The van der Waals surface area contributed by atoms with Crippen LogP contribution in [-0.4, -0.2) is 28.9 Å². The number of nitrogens with zero attached hydrogens (tertiary/aromatic N) is 2. The lowest BCUT2D eigenvalue weighted by Crippen LogP contribution is -2.28. The first kappa shape index (κ1) is 21.2. The van der Waals surface area contributed by atoms with Crippen LogP contribution in [0, 0.1) is 0 Å². The van der Waals surface area contributed by atoms with Crippen LogP contribution in [0.1, 0.15) is 18.1 Å². The van der Waals surface area contributed by atoms with Crippen LogP contribution in [-0.2, 0) is 22.7 Å². The van der Waals surface area contributed by atoms with E-state index in [1.54, 1.807) is 43.1 Å². The van der Waals surface area contributed by atoms with E-state index in [1.165, 1.54) is 0 Å². The number of halogens is 2. The Labute approximate surface area is 179 Å². The summed E-state index contributed by atoms with van der Waals surface area (Å²) in [6.07, 6.45) is 0.963. The number of nitrogens with one attached hydrogen (secondary N) is 1. The van der Waals surface area contributed by atoms with Crippen molar-refractivity contribution in [2.24, 2.45) is 0 Å². The lowest BCUT2D eigenvalue weighted by atomic mass is 10.2. The molecule has 1 atom stereocenters. The van der Waals surface area contributed by atoms with Crippen molar-refractivity contribution in [3.05, 3.63) is 75.9 Å². The van der Waals surface area contributed by atoms with Crippen LogP contribution < -0.4 is 10.1 Å². The van der Waals surface area contributed by atoms with E-state index in [2.05, 4.69) is 10.4 Å². The van der Waals surface area contributed by atoms with Gasteiger partial charge in [-0.3, -0.25) is 4.79 Å². The summed E-state index contributed by atoms with van der Waals surface area (Å²) in [5.41, 5.74) is 1.77. The van der Waals surface area contributed by atoms with E-state index in [4.69, 9.17) is 32.7 Å². The largest absolute Gasteiger partial charge is 0.497 e. The van der Waals surface area contributed by atoms with Gasteiger partial charge in [-0.1, -0.05) is 41.4 Å². The molecule has 1 unspecified atom stereocenters. The van der Waals surface area contributed by atoms with E-state index in [0.29, 0.717) is 29.0 Å². The molecule has 3 rings (SSSR count). The van der Waals surface area contributed by atoms with Gasteiger partial charge in [0.15, 0.2) is 0 Å². The van der Waals surface area contributed by atoms with Crippen LogP contribution in [0.5, 0.6) is 5.75 Å².